The van der Waals surface area contributed by atoms with Crippen molar-refractivity contribution in [1.29, 1.82) is 0 Å². The second-order valence-electron chi connectivity index (χ2n) is 12.3. The molecule has 226 valence electrons. The van der Waals surface area contributed by atoms with Gasteiger partial charge in [-0.05, 0) is 86.6 Å². The molecule has 1 amide bonds. The van der Waals surface area contributed by atoms with E-state index in [1.54, 1.807) is 10.7 Å². The zero-order chi connectivity index (χ0) is 29.6. The molecule has 0 spiro atoms. The smallest absolute Gasteiger partial charge is 0.391 e. The van der Waals surface area contributed by atoms with Crippen LogP contribution in [0.4, 0.5) is 17.6 Å². The maximum Gasteiger partial charge on any atom is 0.391 e. The van der Waals surface area contributed by atoms with Gasteiger partial charge in [-0.2, -0.15) is 18.3 Å². The number of amides is 1. The Bertz CT molecular complexity index is 1440. The first kappa shape index (κ1) is 28.9. The van der Waals surface area contributed by atoms with Crippen LogP contribution in [0.3, 0.4) is 0 Å². The van der Waals surface area contributed by atoms with Crippen LogP contribution in [0.2, 0.25) is 0 Å². The van der Waals surface area contributed by atoms with E-state index in [1.165, 1.54) is 19.2 Å². The van der Waals surface area contributed by atoms with Gasteiger partial charge in [0.05, 0.1) is 24.6 Å². The number of hydrogen-bond donors (Lipinski definition) is 3. The van der Waals surface area contributed by atoms with Gasteiger partial charge in [0, 0.05) is 42.2 Å². The average molecular weight is 588 g/mol. The lowest BCUT2D eigenvalue weighted by Gasteiger charge is -2.38. The fraction of sp³-hybridized carbons (Fsp3) is 0.548. The largest absolute Gasteiger partial charge is 0.496 e. The fourth-order valence-corrected chi connectivity index (χ4v) is 7.51. The standard InChI is InChI=1S/C31H37F4N5O2/c1-40-16-20-13-18(6-8-26(20)39-40)29-24-14-19(7-9-27(24)37-38-29)30(41)36-22-11-17(10-21(15-22)31(33,34)35)12-23-25(32)4-3-5-28(23)42-2/h3-6,8,13,16-17,19,21-22,24,27,29,37-38H,7,9-12,14-15H2,1-2H3,(H,36,41)/t17?,19?,21-,22+,24?,27?,29?/m0/s1. The predicted octanol–water partition coefficient (Wildman–Crippen LogP) is 5.36. The number of nitrogens with one attached hydrogen (secondary N) is 3. The molecule has 0 radical (unpaired) electrons. The predicted molar refractivity (Wildman–Crippen MR) is 150 cm³/mol. The third-order valence-corrected chi connectivity index (χ3v) is 9.53. The lowest BCUT2D eigenvalue weighted by atomic mass is 9.73. The van der Waals surface area contributed by atoms with Gasteiger partial charge in [-0.25, -0.2) is 9.82 Å². The molecule has 1 aromatic heterocycles. The number of hydrazine groups is 1. The van der Waals surface area contributed by atoms with E-state index in [0.717, 1.165) is 22.9 Å². The number of alkyl halides is 3. The van der Waals surface area contributed by atoms with Gasteiger partial charge in [-0.15, -0.1) is 0 Å². The number of benzene rings is 2. The summed E-state index contributed by atoms with van der Waals surface area (Å²) >= 11 is 0. The van der Waals surface area contributed by atoms with Gasteiger partial charge in [0.15, 0.2) is 0 Å². The van der Waals surface area contributed by atoms with Crippen LogP contribution in [0, 0.1) is 29.5 Å². The van der Waals surface area contributed by atoms with Crippen LogP contribution in [0.1, 0.15) is 55.7 Å². The highest BCUT2D eigenvalue weighted by Gasteiger charge is 2.47. The molecule has 42 heavy (non-hydrogen) atoms. The molecule has 2 aromatic carbocycles. The van der Waals surface area contributed by atoms with Crippen LogP contribution in [-0.4, -0.2) is 41.1 Å². The number of rotatable bonds is 6. The number of halogens is 4. The van der Waals surface area contributed by atoms with Gasteiger partial charge in [0.1, 0.15) is 11.6 Å². The summed E-state index contributed by atoms with van der Waals surface area (Å²) in [6.45, 7) is 0. The highest BCUT2D eigenvalue weighted by Crippen LogP contribution is 2.44. The molecule has 2 aliphatic carbocycles. The van der Waals surface area contributed by atoms with Crippen LogP contribution >= 0.6 is 0 Å². The van der Waals surface area contributed by atoms with Crippen LogP contribution < -0.4 is 20.9 Å². The Balaban J connectivity index is 1.14. The van der Waals surface area contributed by atoms with E-state index in [2.05, 4.69) is 33.4 Å². The lowest BCUT2D eigenvalue weighted by Crippen LogP contribution is -2.48. The Hall–Kier alpha value is -3.18. The zero-order valence-electron chi connectivity index (χ0n) is 23.8. The number of ether oxygens (including phenoxy) is 1. The maximum atomic E-state index is 14.6. The second kappa shape index (κ2) is 11.5. The van der Waals surface area contributed by atoms with E-state index in [1.807, 2.05) is 19.3 Å². The molecule has 2 saturated carbocycles. The Kier molecular flexibility index (Phi) is 7.91. The van der Waals surface area contributed by atoms with E-state index in [4.69, 9.17) is 4.74 Å². The Labute approximate surface area is 242 Å². The highest BCUT2D eigenvalue weighted by molar-refractivity contribution is 5.80. The highest BCUT2D eigenvalue weighted by atomic mass is 19.4. The normalized spacial score (nSPS) is 29.8. The minimum atomic E-state index is -4.39. The molecule has 5 unspecified atom stereocenters. The molecule has 11 heteroatoms. The summed E-state index contributed by atoms with van der Waals surface area (Å²) in [4.78, 5) is 13.5. The van der Waals surface area contributed by atoms with Crippen molar-refractivity contribution in [2.75, 3.05) is 7.11 Å². The topological polar surface area (TPSA) is 80.2 Å². The molecule has 0 bridgehead atoms. The van der Waals surface area contributed by atoms with E-state index < -0.39 is 29.9 Å². The van der Waals surface area contributed by atoms with Gasteiger partial charge in [0.25, 0.3) is 0 Å². The first-order valence-electron chi connectivity index (χ1n) is 14.7. The van der Waals surface area contributed by atoms with E-state index in [0.29, 0.717) is 25.0 Å². The summed E-state index contributed by atoms with van der Waals surface area (Å²) in [5, 5.41) is 8.49. The Morgan fingerprint density at radius 1 is 1.12 bits per heavy atom. The van der Waals surface area contributed by atoms with Crippen LogP contribution in [0.25, 0.3) is 10.9 Å². The van der Waals surface area contributed by atoms with Crippen molar-refractivity contribution >= 4 is 16.8 Å². The molecule has 3 fully saturated rings. The summed E-state index contributed by atoms with van der Waals surface area (Å²) in [5.41, 5.74) is 9.13. The van der Waals surface area contributed by atoms with E-state index in [9.17, 15) is 22.4 Å². The van der Waals surface area contributed by atoms with Crippen molar-refractivity contribution in [3.05, 3.63) is 59.5 Å². The first-order chi connectivity index (χ1) is 20.1. The lowest BCUT2D eigenvalue weighted by molar-refractivity contribution is -0.188. The van der Waals surface area contributed by atoms with Gasteiger partial charge in [0.2, 0.25) is 5.91 Å². The fourth-order valence-electron chi connectivity index (χ4n) is 7.51. The van der Waals surface area contributed by atoms with Gasteiger partial charge in [-0.3, -0.25) is 14.9 Å². The quantitative estimate of drug-likeness (QED) is 0.339. The molecule has 3 N–H and O–H groups in total. The zero-order valence-corrected chi connectivity index (χ0v) is 23.8. The molecule has 1 aliphatic heterocycles. The molecular weight excluding hydrogens is 550 g/mol. The molecule has 6 rings (SSSR count). The number of aryl methyl sites for hydroxylation is 1. The average Bonchev–Trinajstić information content (AvgIpc) is 3.55. The monoisotopic (exact) mass is 587 g/mol. The van der Waals surface area contributed by atoms with Crippen LogP contribution in [0.5, 0.6) is 5.75 Å². The number of methoxy groups -OCH3 is 1. The number of carbonyl (C=O) groups excluding carboxylic acids is 1. The Morgan fingerprint density at radius 2 is 1.95 bits per heavy atom. The van der Waals surface area contributed by atoms with Crippen LogP contribution in [-0.2, 0) is 18.3 Å². The molecule has 7 atom stereocenters. The molecule has 1 saturated heterocycles. The second-order valence-corrected chi connectivity index (χ2v) is 12.3. The molecule has 7 nitrogen and oxygen atoms in total. The third-order valence-electron chi connectivity index (χ3n) is 9.53. The van der Waals surface area contributed by atoms with Crippen molar-refractivity contribution in [1.82, 2.24) is 25.9 Å². The molecule has 2 heterocycles. The van der Waals surface area contributed by atoms with Crippen molar-refractivity contribution < 1.29 is 27.1 Å². The summed E-state index contributed by atoms with van der Waals surface area (Å²) in [6, 6.07) is 10.2. The SMILES string of the molecule is COc1cccc(F)c1CC1C[C@@H](NC(=O)C2CCC3NNC(c4ccc5nn(C)cc5c4)C3C2)C[C@@H](C(F)(F)F)C1. The summed E-state index contributed by atoms with van der Waals surface area (Å²) < 4.78 is 63.6. The van der Waals surface area contributed by atoms with Crippen molar-refractivity contribution in [2.24, 2.45) is 30.7 Å². The van der Waals surface area contributed by atoms with Crippen LogP contribution in [0.15, 0.2) is 42.6 Å². The van der Waals surface area contributed by atoms with Gasteiger partial charge in [-0.1, -0.05) is 12.1 Å². The number of nitrogens with zero attached hydrogens (tertiary/aromatic N) is 2. The van der Waals surface area contributed by atoms with E-state index >= 15 is 0 Å². The van der Waals surface area contributed by atoms with Gasteiger partial charge < -0.3 is 10.1 Å². The molecular formula is C31H37F4N5O2. The van der Waals surface area contributed by atoms with Crippen molar-refractivity contribution in [2.45, 2.75) is 69.2 Å². The van der Waals surface area contributed by atoms with Crippen molar-refractivity contribution in [3.63, 3.8) is 0 Å². The number of carbonyl (C=O) groups is 1. The number of aromatic nitrogens is 2. The minimum Gasteiger partial charge on any atom is -0.496 e. The number of hydrogen-bond acceptors (Lipinski definition) is 5. The first-order valence-corrected chi connectivity index (χ1v) is 14.7. The van der Waals surface area contributed by atoms with Gasteiger partial charge >= 0.3 is 6.18 Å². The minimum absolute atomic E-state index is 0.0135. The third kappa shape index (κ3) is 5.86. The maximum absolute atomic E-state index is 14.6. The number of fused-ring (bicyclic) bond motifs is 2. The Morgan fingerprint density at radius 3 is 2.74 bits per heavy atom. The molecule has 3 aromatic rings. The summed E-state index contributed by atoms with van der Waals surface area (Å²) in [6.07, 6.45) is -0.0668. The van der Waals surface area contributed by atoms with E-state index in [-0.39, 0.29) is 54.7 Å². The summed E-state index contributed by atoms with van der Waals surface area (Å²) in [7, 11) is 3.31. The van der Waals surface area contributed by atoms with Crippen molar-refractivity contribution in [3.8, 4) is 5.75 Å². The summed E-state index contributed by atoms with van der Waals surface area (Å²) in [5.74, 6) is -2.45. The molecule has 3 aliphatic rings.